The van der Waals surface area contributed by atoms with Gasteiger partial charge in [0.05, 0.1) is 10.5 Å². The number of benzene rings is 1. The minimum Gasteiger partial charge on any atom is -0.478 e. The average molecular weight is 364 g/mol. The van der Waals surface area contributed by atoms with Gasteiger partial charge in [0.2, 0.25) is 10.0 Å². The van der Waals surface area contributed by atoms with Gasteiger partial charge in [-0.3, -0.25) is 0 Å². The third-order valence-electron chi connectivity index (χ3n) is 3.34. The van der Waals surface area contributed by atoms with Crippen molar-refractivity contribution in [2.45, 2.75) is 11.8 Å². The fourth-order valence-electron chi connectivity index (χ4n) is 2.02. The zero-order valence-electron chi connectivity index (χ0n) is 10.7. The number of aliphatic hydroxyl groups is 1. The quantitative estimate of drug-likeness (QED) is 0.834. The molecule has 6 nitrogen and oxygen atoms in total. The van der Waals surface area contributed by atoms with E-state index >= 15 is 0 Å². The predicted octanol–water partition coefficient (Wildman–Crippen LogP) is 1.07. The Labute approximate surface area is 125 Å². The fraction of sp³-hybridized carbons (Fsp3) is 0.417. The van der Waals surface area contributed by atoms with E-state index in [0.717, 1.165) is 0 Å². The molecule has 1 fully saturated rings. The van der Waals surface area contributed by atoms with Gasteiger partial charge in [0.25, 0.3) is 0 Å². The molecule has 1 aliphatic rings. The number of carboxylic acid groups (broad SMARTS) is 1. The first kappa shape index (κ1) is 15.4. The van der Waals surface area contributed by atoms with E-state index in [1.165, 1.54) is 16.4 Å². The van der Waals surface area contributed by atoms with Crippen molar-refractivity contribution in [1.29, 1.82) is 0 Å². The summed E-state index contributed by atoms with van der Waals surface area (Å²) in [5.41, 5.74) is 0.391. The summed E-state index contributed by atoms with van der Waals surface area (Å²) >= 11 is 3.19. The SMILES string of the molecule is Cc1c(Br)cc(C(=O)O)cc1S(=O)(=O)N1CC(CO)C1. The first-order valence-corrected chi connectivity index (χ1v) is 8.15. The normalized spacial score (nSPS) is 16.9. The van der Waals surface area contributed by atoms with E-state index in [-0.39, 0.29) is 36.1 Å². The molecule has 1 heterocycles. The molecule has 0 amide bonds. The van der Waals surface area contributed by atoms with Crippen LogP contribution in [0.25, 0.3) is 0 Å². The Balaban J connectivity index is 2.44. The molecule has 0 saturated carbocycles. The maximum absolute atomic E-state index is 12.5. The van der Waals surface area contributed by atoms with Crippen molar-refractivity contribution in [2.75, 3.05) is 19.7 Å². The topological polar surface area (TPSA) is 94.9 Å². The molecule has 1 saturated heterocycles. The summed E-state index contributed by atoms with van der Waals surface area (Å²) in [6.45, 7) is 2.08. The second-order valence-electron chi connectivity index (χ2n) is 4.76. The zero-order chi connectivity index (χ0) is 15.1. The van der Waals surface area contributed by atoms with Crippen LogP contribution in [0.5, 0.6) is 0 Å². The van der Waals surface area contributed by atoms with Gasteiger partial charge in [-0.2, -0.15) is 4.31 Å². The molecule has 0 aliphatic carbocycles. The highest BCUT2D eigenvalue weighted by atomic mass is 79.9. The molecule has 8 heteroatoms. The molecule has 1 aliphatic heterocycles. The second-order valence-corrected chi connectivity index (χ2v) is 7.52. The molecule has 0 bridgehead atoms. The number of hydrogen-bond acceptors (Lipinski definition) is 4. The highest BCUT2D eigenvalue weighted by Gasteiger charge is 2.37. The first-order chi connectivity index (χ1) is 9.27. The van der Waals surface area contributed by atoms with E-state index in [1.54, 1.807) is 6.92 Å². The zero-order valence-corrected chi connectivity index (χ0v) is 13.1. The molecule has 110 valence electrons. The van der Waals surface area contributed by atoms with E-state index in [0.29, 0.717) is 10.0 Å². The number of nitrogens with zero attached hydrogens (tertiary/aromatic N) is 1. The van der Waals surface area contributed by atoms with Crippen molar-refractivity contribution < 1.29 is 23.4 Å². The van der Waals surface area contributed by atoms with Crippen LogP contribution in [-0.2, 0) is 10.0 Å². The van der Waals surface area contributed by atoms with Crippen LogP contribution in [-0.4, -0.2) is 48.6 Å². The minimum absolute atomic E-state index is 0.0133. The molecule has 0 radical (unpaired) electrons. The Morgan fingerprint density at radius 1 is 1.45 bits per heavy atom. The largest absolute Gasteiger partial charge is 0.478 e. The van der Waals surface area contributed by atoms with Crippen molar-refractivity contribution in [1.82, 2.24) is 4.31 Å². The van der Waals surface area contributed by atoms with Gasteiger partial charge in [0, 0.05) is 30.1 Å². The Hall–Kier alpha value is -0.960. The van der Waals surface area contributed by atoms with E-state index in [9.17, 15) is 13.2 Å². The predicted molar refractivity (Wildman–Crippen MR) is 75.2 cm³/mol. The van der Waals surface area contributed by atoms with Crippen molar-refractivity contribution >= 4 is 31.9 Å². The van der Waals surface area contributed by atoms with Gasteiger partial charge in [-0.15, -0.1) is 0 Å². The number of halogens is 1. The maximum Gasteiger partial charge on any atom is 0.335 e. The van der Waals surface area contributed by atoms with Gasteiger partial charge >= 0.3 is 5.97 Å². The highest BCUT2D eigenvalue weighted by molar-refractivity contribution is 9.10. The number of hydrogen-bond donors (Lipinski definition) is 2. The summed E-state index contributed by atoms with van der Waals surface area (Å²) in [6, 6.07) is 2.55. The summed E-state index contributed by atoms with van der Waals surface area (Å²) in [5, 5.41) is 18.0. The van der Waals surface area contributed by atoms with Crippen LogP contribution in [0.3, 0.4) is 0 Å². The molecular formula is C12H14BrNO5S. The molecule has 20 heavy (non-hydrogen) atoms. The third kappa shape index (κ3) is 2.60. The number of aliphatic hydroxyl groups excluding tert-OH is 1. The third-order valence-corrected chi connectivity index (χ3v) is 6.12. The molecule has 1 aromatic rings. The van der Waals surface area contributed by atoms with Crippen molar-refractivity contribution in [3.05, 3.63) is 27.7 Å². The standard InChI is InChI=1S/C12H14BrNO5S/c1-7-10(13)2-9(12(16)17)3-11(7)20(18,19)14-4-8(5-14)6-15/h2-3,8,15H,4-6H2,1H3,(H,16,17). The summed E-state index contributed by atoms with van der Waals surface area (Å²) in [5.74, 6) is -1.23. The van der Waals surface area contributed by atoms with Gasteiger partial charge in [0.1, 0.15) is 0 Å². The lowest BCUT2D eigenvalue weighted by Gasteiger charge is -2.37. The molecule has 0 aromatic heterocycles. The van der Waals surface area contributed by atoms with Crippen LogP contribution in [0, 0.1) is 12.8 Å². The van der Waals surface area contributed by atoms with Crippen LogP contribution in [0.2, 0.25) is 0 Å². The van der Waals surface area contributed by atoms with Gasteiger partial charge in [0.15, 0.2) is 0 Å². The average Bonchev–Trinajstić information content (AvgIpc) is 2.30. The molecular weight excluding hydrogens is 350 g/mol. The summed E-state index contributed by atoms with van der Waals surface area (Å²) in [4.78, 5) is 11.0. The minimum atomic E-state index is -3.73. The Kier molecular flexibility index (Phi) is 4.19. The van der Waals surface area contributed by atoms with Crippen molar-refractivity contribution in [2.24, 2.45) is 5.92 Å². The maximum atomic E-state index is 12.5. The number of sulfonamides is 1. The monoisotopic (exact) mass is 363 g/mol. The van der Waals surface area contributed by atoms with E-state index in [2.05, 4.69) is 15.9 Å². The fourth-order valence-corrected chi connectivity index (χ4v) is 4.47. The van der Waals surface area contributed by atoms with Gasteiger partial charge in [-0.05, 0) is 24.6 Å². The second kappa shape index (κ2) is 5.44. The van der Waals surface area contributed by atoms with Crippen LogP contribution >= 0.6 is 15.9 Å². The lowest BCUT2D eigenvalue weighted by atomic mass is 10.1. The molecule has 1 aromatic carbocycles. The van der Waals surface area contributed by atoms with Crippen LogP contribution in [0.4, 0.5) is 0 Å². The molecule has 0 atom stereocenters. The van der Waals surface area contributed by atoms with Gasteiger partial charge in [-0.1, -0.05) is 15.9 Å². The van der Waals surface area contributed by atoms with Gasteiger partial charge in [-0.25, -0.2) is 13.2 Å². The Morgan fingerprint density at radius 3 is 2.55 bits per heavy atom. The van der Waals surface area contributed by atoms with Crippen LogP contribution in [0.1, 0.15) is 15.9 Å². The van der Waals surface area contributed by atoms with E-state index in [4.69, 9.17) is 10.2 Å². The summed E-state index contributed by atoms with van der Waals surface area (Å²) < 4.78 is 26.6. The van der Waals surface area contributed by atoms with Crippen molar-refractivity contribution in [3.63, 3.8) is 0 Å². The smallest absolute Gasteiger partial charge is 0.335 e. The van der Waals surface area contributed by atoms with E-state index in [1.807, 2.05) is 0 Å². The Morgan fingerprint density at radius 2 is 2.05 bits per heavy atom. The molecule has 2 N–H and O–H groups in total. The number of aromatic carboxylic acids is 1. The Bertz CT molecular complexity index is 652. The number of rotatable bonds is 4. The highest BCUT2D eigenvalue weighted by Crippen LogP contribution is 2.31. The van der Waals surface area contributed by atoms with Crippen LogP contribution in [0.15, 0.2) is 21.5 Å². The molecule has 2 rings (SSSR count). The number of carbonyl (C=O) groups is 1. The lowest BCUT2D eigenvalue weighted by Crippen LogP contribution is -2.51. The summed E-state index contributed by atoms with van der Waals surface area (Å²) in [6.07, 6.45) is 0. The number of carboxylic acids is 1. The first-order valence-electron chi connectivity index (χ1n) is 5.91. The molecule has 0 unspecified atom stereocenters. The van der Waals surface area contributed by atoms with Crippen molar-refractivity contribution in [3.8, 4) is 0 Å². The lowest BCUT2D eigenvalue weighted by molar-refractivity contribution is 0.0696. The molecule has 0 spiro atoms. The van der Waals surface area contributed by atoms with Crippen LogP contribution < -0.4 is 0 Å². The van der Waals surface area contributed by atoms with Gasteiger partial charge < -0.3 is 10.2 Å². The van der Waals surface area contributed by atoms with E-state index < -0.39 is 16.0 Å². The summed E-state index contributed by atoms with van der Waals surface area (Å²) in [7, 11) is -3.73.